The highest BCUT2D eigenvalue weighted by Crippen LogP contribution is 2.40. The zero-order chi connectivity index (χ0) is 18.0. The Balaban J connectivity index is 5.15. The van der Waals surface area contributed by atoms with Crippen LogP contribution >= 0.6 is 0 Å². The Morgan fingerprint density at radius 2 is 1.23 bits per heavy atom. The second-order valence-corrected chi connectivity index (χ2v) is 18.7. The van der Waals surface area contributed by atoms with Crippen LogP contribution in [-0.4, -0.2) is 22.2 Å². The van der Waals surface area contributed by atoms with E-state index in [0.717, 1.165) is 0 Å². The molecule has 0 aromatic carbocycles. The molecule has 0 saturated heterocycles. The molecule has 0 saturated carbocycles. The minimum absolute atomic E-state index is 0.0687. The molecule has 3 nitrogen and oxygen atoms in total. The van der Waals surface area contributed by atoms with Crippen LogP contribution in [-0.2, 0) is 8.85 Å². The summed E-state index contributed by atoms with van der Waals surface area (Å²) in [6, 6.07) is 2.29. The molecule has 0 aromatic heterocycles. The van der Waals surface area contributed by atoms with Crippen molar-refractivity contribution in [2.45, 2.75) is 90.3 Å². The fourth-order valence-corrected chi connectivity index (χ4v) is 3.53. The maximum Gasteiger partial charge on any atom is 0.249 e. The number of hydrogen-bond donors (Lipinski definition) is 0. The first-order valence-corrected chi connectivity index (χ1v) is 13.8. The van der Waals surface area contributed by atoms with E-state index in [4.69, 9.17) is 8.85 Å². The average molecular weight is 342 g/mol. The Bertz CT molecular complexity index is 451. The molecule has 0 aromatic rings. The molecule has 0 aliphatic carbocycles. The topological polar surface area (TPSA) is 42.2 Å². The molecule has 22 heavy (non-hydrogen) atoms. The van der Waals surface area contributed by atoms with Crippen LogP contribution in [0.5, 0.6) is 0 Å². The van der Waals surface area contributed by atoms with Crippen LogP contribution in [0.1, 0.15) is 48.5 Å². The maximum absolute atomic E-state index is 9.56. The van der Waals surface area contributed by atoms with Gasteiger partial charge in [0.2, 0.25) is 8.32 Å². The van der Waals surface area contributed by atoms with Crippen LogP contribution < -0.4 is 0 Å². The molecule has 0 aliphatic heterocycles. The molecule has 0 radical (unpaired) electrons. The Labute approximate surface area is 140 Å². The van der Waals surface area contributed by atoms with Crippen LogP contribution in [0.25, 0.3) is 0 Å². The van der Waals surface area contributed by atoms with Crippen molar-refractivity contribution in [2.24, 2.45) is 0 Å². The highest BCUT2D eigenvalue weighted by atomic mass is 28.4. The Morgan fingerprint density at radius 1 is 0.818 bits per heavy atom. The summed E-state index contributed by atoms with van der Waals surface area (Å²) in [6.45, 7) is 23.6. The third-order valence-corrected chi connectivity index (χ3v) is 13.9. The van der Waals surface area contributed by atoms with Gasteiger partial charge < -0.3 is 8.85 Å². The van der Waals surface area contributed by atoms with E-state index in [0.29, 0.717) is 0 Å². The molecule has 0 amide bonds. The standard InChI is InChI=1S/C17H35NO2Si2/c1-15(2,3)21(8,9)19-13-12-17(7,14-18)20-22(10,11)16(4,5)6/h12-13H,1-11H3. The van der Waals surface area contributed by atoms with Gasteiger partial charge in [0.25, 0.3) is 0 Å². The first-order chi connectivity index (χ1) is 9.47. The molecule has 0 spiro atoms. The summed E-state index contributed by atoms with van der Waals surface area (Å²) in [6.07, 6.45) is 3.46. The highest BCUT2D eigenvalue weighted by Gasteiger charge is 2.43. The van der Waals surface area contributed by atoms with Gasteiger partial charge in [0, 0.05) is 0 Å². The minimum Gasteiger partial charge on any atom is -0.549 e. The summed E-state index contributed by atoms with van der Waals surface area (Å²) in [7, 11) is -3.86. The molecule has 0 fully saturated rings. The maximum atomic E-state index is 9.56. The lowest BCUT2D eigenvalue weighted by Gasteiger charge is -2.40. The number of hydrogen-bond acceptors (Lipinski definition) is 3. The molecular weight excluding hydrogens is 306 g/mol. The van der Waals surface area contributed by atoms with Gasteiger partial charge in [0.1, 0.15) is 6.07 Å². The second-order valence-electron chi connectivity index (χ2n) is 9.26. The smallest absolute Gasteiger partial charge is 0.249 e. The van der Waals surface area contributed by atoms with E-state index in [1.165, 1.54) is 0 Å². The van der Waals surface area contributed by atoms with Crippen molar-refractivity contribution in [3.8, 4) is 6.07 Å². The number of nitrogens with zero attached hydrogens (tertiary/aromatic N) is 1. The van der Waals surface area contributed by atoms with E-state index in [1.54, 1.807) is 12.3 Å². The molecule has 1 unspecified atom stereocenters. The van der Waals surface area contributed by atoms with Gasteiger partial charge in [-0.05, 0) is 49.3 Å². The van der Waals surface area contributed by atoms with Gasteiger partial charge in [-0.2, -0.15) is 5.26 Å². The van der Waals surface area contributed by atoms with Crippen molar-refractivity contribution in [1.29, 1.82) is 5.26 Å². The van der Waals surface area contributed by atoms with Gasteiger partial charge in [-0.15, -0.1) is 0 Å². The van der Waals surface area contributed by atoms with E-state index in [2.05, 4.69) is 73.8 Å². The van der Waals surface area contributed by atoms with Gasteiger partial charge in [0.05, 0.1) is 6.26 Å². The molecule has 0 heterocycles. The van der Waals surface area contributed by atoms with Gasteiger partial charge in [0.15, 0.2) is 13.9 Å². The lowest BCUT2D eigenvalue weighted by Crippen LogP contribution is -2.47. The lowest BCUT2D eigenvalue weighted by molar-refractivity contribution is 0.175. The van der Waals surface area contributed by atoms with E-state index in [9.17, 15) is 5.26 Å². The largest absolute Gasteiger partial charge is 0.549 e. The summed E-state index contributed by atoms with van der Waals surface area (Å²) in [4.78, 5) is 0. The van der Waals surface area contributed by atoms with Crippen LogP contribution in [0.15, 0.2) is 12.3 Å². The summed E-state index contributed by atoms with van der Waals surface area (Å²) in [5, 5.41) is 9.76. The van der Waals surface area contributed by atoms with Gasteiger partial charge in [-0.3, -0.25) is 0 Å². The molecule has 0 aliphatic rings. The van der Waals surface area contributed by atoms with Crippen LogP contribution in [0, 0.1) is 11.3 Å². The van der Waals surface area contributed by atoms with Crippen LogP contribution in [0.3, 0.4) is 0 Å². The minimum atomic E-state index is -2.01. The number of rotatable bonds is 5. The van der Waals surface area contributed by atoms with Gasteiger partial charge >= 0.3 is 0 Å². The predicted octanol–water partition coefficient (Wildman–Crippen LogP) is 5.83. The molecule has 0 bridgehead atoms. The van der Waals surface area contributed by atoms with Crippen LogP contribution in [0.4, 0.5) is 0 Å². The first kappa shape index (κ1) is 21.4. The van der Waals surface area contributed by atoms with Gasteiger partial charge in [-0.1, -0.05) is 41.5 Å². The molecule has 0 rings (SSSR count). The van der Waals surface area contributed by atoms with Crippen molar-refractivity contribution in [3.63, 3.8) is 0 Å². The van der Waals surface area contributed by atoms with Crippen molar-refractivity contribution in [2.75, 3.05) is 0 Å². The summed E-state index contributed by atoms with van der Waals surface area (Å²) in [5.74, 6) is 0. The molecule has 5 heteroatoms. The average Bonchev–Trinajstić information content (AvgIpc) is 2.24. The summed E-state index contributed by atoms with van der Waals surface area (Å²) < 4.78 is 12.3. The predicted molar refractivity (Wildman–Crippen MR) is 99.7 cm³/mol. The fraction of sp³-hybridized carbons (Fsp3) is 0.824. The zero-order valence-electron chi connectivity index (χ0n) is 16.4. The Morgan fingerprint density at radius 3 is 1.55 bits per heavy atom. The Hall–Kier alpha value is -0.576. The van der Waals surface area contributed by atoms with E-state index < -0.39 is 22.2 Å². The molecular formula is C17H35NO2Si2. The quantitative estimate of drug-likeness (QED) is 0.467. The third-order valence-electron chi connectivity index (χ3n) is 5.05. The molecule has 128 valence electrons. The monoisotopic (exact) mass is 341 g/mol. The van der Waals surface area contributed by atoms with Crippen molar-refractivity contribution < 1.29 is 8.85 Å². The van der Waals surface area contributed by atoms with E-state index in [-0.39, 0.29) is 10.1 Å². The lowest BCUT2D eigenvalue weighted by atomic mass is 10.1. The van der Waals surface area contributed by atoms with Gasteiger partial charge in [-0.25, -0.2) is 0 Å². The normalized spacial score (nSPS) is 17.2. The summed E-state index contributed by atoms with van der Waals surface area (Å²) >= 11 is 0. The molecule has 0 N–H and O–H groups in total. The highest BCUT2D eigenvalue weighted by molar-refractivity contribution is 6.74. The number of nitriles is 1. The first-order valence-electron chi connectivity index (χ1n) is 7.94. The van der Waals surface area contributed by atoms with Crippen molar-refractivity contribution in [3.05, 3.63) is 12.3 Å². The van der Waals surface area contributed by atoms with Crippen molar-refractivity contribution >= 4 is 16.6 Å². The van der Waals surface area contributed by atoms with E-state index in [1.807, 2.05) is 6.92 Å². The second kappa shape index (κ2) is 6.50. The SMILES string of the molecule is CC(C#N)(C=CO[Si](C)(C)C(C)(C)C)O[Si](C)(C)C(C)(C)C. The zero-order valence-corrected chi connectivity index (χ0v) is 18.4. The molecule has 1 atom stereocenters. The fourth-order valence-electron chi connectivity index (χ4n) is 1.29. The third kappa shape index (κ3) is 5.56. The Kier molecular flexibility index (Phi) is 6.33. The van der Waals surface area contributed by atoms with Crippen LogP contribution in [0.2, 0.25) is 36.3 Å². The van der Waals surface area contributed by atoms with E-state index >= 15 is 0 Å². The van der Waals surface area contributed by atoms with Crippen molar-refractivity contribution in [1.82, 2.24) is 0 Å². The summed E-state index contributed by atoms with van der Waals surface area (Å²) in [5.41, 5.74) is -0.939.